The molecule has 8 heteroatoms. The van der Waals surface area contributed by atoms with E-state index in [0.29, 0.717) is 5.56 Å². The first-order chi connectivity index (χ1) is 16.9. The zero-order valence-corrected chi connectivity index (χ0v) is 21.8. The lowest BCUT2D eigenvalue weighted by Gasteiger charge is -2.29. The Labute approximate surface area is 219 Å². The van der Waals surface area contributed by atoms with Crippen LogP contribution in [-0.2, 0) is 0 Å². The highest BCUT2D eigenvalue weighted by Crippen LogP contribution is 2.45. The van der Waals surface area contributed by atoms with Crippen LogP contribution in [0.1, 0.15) is 46.8 Å². The Morgan fingerprint density at radius 1 is 0.971 bits per heavy atom. The largest absolute Gasteiger partial charge is 0.274 e. The molecule has 0 radical (unpaired) electrons. The second-order valence-corrected chi connectivity index (χ2v) is 10.5. The van der Waals surface area contributed by atoms with Crippen molar-refractivity contribution in [3.8, 4) is 0 Å². The summed E-state index contributed by atoms with van der Waals surface area (Å²) in [6.45, 7) is 0. The summed E-state index contributed by atoms with van der Waals surface area (Å²) >= 11 is 6.98. The van der Waals surface area contributed by atoms with E-state index < -0.39 is 4.92 Å². The zero-order chi connectivity index (χ0) is 24.5. The highest BCUT2D eigenvalue weighted by atomic mass is 79.9. The summed E-state index contributed by atoms with van der Waals surface area (Å²) in [5, 5.41) is 17.5. The van der Waals surface area contributed by atoms with Crippen LogP contribution in [0.3, 0.4) is 0 Å². The number of halogens is 2. The Hall–Kier alpha value is -3.10. The van der Waals surface area contributed by atoms with Gasteiger partial charge >= 0.3 is 0 Å². The third-order valence-electron chi connectivity index (χ3n) is 6.46. The van der Waals surface area contributed by atoms with Crippen LogP contribution in [0, 0.1) is 16.0 Å². The van der Waals surface area contributed by atoms with Crippen molar-refractivity contribution in [3.63, 3.8) is 0 Å². The van der Waals surface area contributed by atoms with E-state index in [1.54, 1.807) is 5.01 Å². The number of hydrazone groups is 1. The minimum atomic E-state index is -0.470. The minimum Gasteiger partial charge on any atom is -0.267 e. The number of carbonyl (C=O) groups excluding carboxylic acids is 1. The number of carbonyl (C=O) groups is 1. The van der Waals surface area contributed by atoms with Gasteiger partial charge in [-0.2, -0.15) is 5.10 Å². The number of amides is 1. The molecule has 35 heavy (non-hydrogen) atoms. The van der Waals surface area contributed by atoms with E-state index >= 15 is 0 Å². The molecule has 2 unspecified atom stereocenters. The second-order valence-electron chi connectivity index (χ2n) is 8.66. The van der Waals surface area contributed by atoms with Crippen LogP contribution in [0.25, 0.3) is 6.08 Å². The number of fused-ring (bicyclic) bond motifs is 1. The number of hydrogen-bond acceptors (Lipinski definition) is 4. The molecule has 1 aliphatic heterocycles. The molecule has 6 nitrogen and oxygen atoms in total. The number of non-ortho nitro benzene ring substituents is 1. The van der Waals surface area contributed by atoms with Crippen molar-refractivity contribution in [1.82, 2.24) is 5.01 Å². The molecule has 1 fully saturated rings. The van der Waals surface area contributed by atoms with Gasteiger partial charge in [0.25, 0.3) is 11.6 Å². The van der Waals surface area contributed by atoms with Gasteiger partial charge in [-0.25, -0.2) is 5.01 Å². The molecule has 1 amide bonds. The van der Waals surface area contributed by atoms with Gasteiger partial charge in [0.1, 0.15) is 0 Å². The molecular formula is C27H21Br2N3O3. The van der Waals surface area contributed by atoms with Crippen molar-refractivity contribution in [3.05, 3.63) is 114 Å². The van der Waals surface area contributed by atoms with Crippen LogP contribution in [0.15, 0.2) is 92.4 Å². The first-order valence-electron chi connectivity index (χ1n) is 11.3. The van der Waals surface area contributed by atoms with Gasteiger partial charge in [0.15, 0.2) is 0 Å². The number of nitrogens with zero attached hydrogens (tertiary/aromatic N) is 3. The molecule has 3 aromatic rings. The van der Waals surface area contributed by atoms with Gasteiger partial charge in [0.05, 0.1) is 16.7 Å². The smallest absolute Gasteiger partial charge is 0.267 e. The molecular weight excluding hydrogens is 574 g/mol. The van der Waals surface area contributed by atoms with Crippen molar-refractivity contribution in [2.75, 3.05) is 0 Å². The average molecular weight is 595 g/mol. The molecule has 1 saturated carbocycles. The normalized spacial score (nSPS) is 20.5. The zero-order valence-electron chi connectivity index (χ0n) is 18.6. The van der Waals surface area contributed by atoms with Crippen molar-refractivity contribution >= 4 is 55.2 Å². The highest BCUT2D eigenvalue weighted by Gasteiger charge is 2.44. The molecule has 0 N–H and O–H groups in total. The molecule has 0 spiro atoms. The third kappa shape index (κ3) is 4.86. The Balaban J connectivity index is 1.55. The first-order valence-corrected chi connectivity index (χ1v) is 12.9. The van der Waals surface area contributed by atoms with Gasteiger partial charge in [-0.15, -0.1) is 0 Å². The molecule has 2 atom stereocenters. The predicted octanol–water partition coefficient (Wildman–Crippen LogP) is 7.56. The van der Waals surface area contributed by atoms with E-state index in [-0.39, 0.29) is 23.6 Å². The lowest BCUT2D eigenvalue weighted by atomic mass is 9.77. The van der Waals surface area contributed by atoms with Gasteiger partial charge < -0.3 is 0 Å². The minimum absolute atomic E-state index is 0.0490. The van der Waals surface area contributed by atoms with Crippen LogP contribution in [0.4, 0.5) is 5.69 Å². The molecule has 0 aromatic heterocycles. The summed E-state index contributed by atoms with van der Waals surface area (Å²) in [4.78, 5) is 24.2. The highest BCUT2D eigenvalue weighted by molar-refractivity contribution is 9.10. The Kier molecular flexibility index (Phi) is 6.67. The molecule has 176 valence electrons. The summed E-state index contributed by atoms with van der Waals surface area (Å²) in [6.07, 6.45) is 5.01. The Morgan fingerprint density at radius 2 is 1.60 bits per heavy atom. The van der Waals surface area contributed by atoms with Gasteiger partial charge in [-0.3, -0.25) is 14.9 Å². The molecule has 2 aliphatic rings. The van der Waals surface area contributed by atoms with E-state index in [1.165, 1.54) is 24.3 Å². The number of allylic oxidation sites excluding steroid dienone is 1. The summed E-state index contributed by atoms with van der Waals surface area (Å²) in [5.41, 5.74) is 4.52. The number of nitro benzene ring substituents is 1. The van der Waals surface area contributed by atoms with Crippen molar-refractivity contribution in [1.29, 1.82) is 0 Å². The van der Waals surface area contributed by atoms with Crippen LogP contribution in [-0.4, -0.2) is 21.6 Å². The summed E-state index contributed by atoms with van der Waals surface area (Å²) in [5.74, 6) is -0.189. The number of benzene rings is 3. The fourth-order valence-corrected chi connectivity index (χ4v) is 5.31. The van der Waals surface area contributed by atoms with Crippen molar-refractivity contribution in [2.24, 2.45) is 11.0 Å². The maximum Gasteiger partial charge on any atom is 0.274 e. The lowest BCUT2D eigenvalue weighted by molar-refractivity contribution is -0.384. The van der Waals surface area contributed by atoms with E-state index in [2.05, 4.69) is 50.1 Å². The second kappa shape index (κ2) is 9.87. The summed E-state index contributed by atoms with van der Waals surface area (Å²) in [7, 11) is 0. The molecule has 5 rings (SSSR count). The molecule has 1 aliphatic carbocycles. The number of hydrogen-bond donors (Lipinski definition) is 0. The third-order valence-corrected chi connectivity index (χ3v) is 7.51. The molecule has 1 heterocycles. The van der Waals surface area contributed by atoms with Crippen LogP contribution in [0.5, 0.6) is 0 Å². The van der Waals surface area contributed by atoms with Gasteiger partial charge in [0.2, 0.25) is 0 Å². The fraction of sp³-hybridized carbons (Fsp3) is 0.185. The van der Waals surface area contributed by atoms with Crippen molar-refractivity contribution in [2.45, 2.75) is 25.3 Å². The topological polar surface area (TPSA) is 75.8 Å². The first kappa shape index (κ1) is 23.6. The predicted molar refractivity (Wildman–Crippen MR) is 143 cm³/mol. The Bertz CT molecular complexity index is 1330. The van der Waals surface area contributed by atoms with Crippen LogP contribution < -0.4 is 0 Å². The molecule has 3 aromatic carbocycles. The quantitative estimate of drug-likeness (QED) is 0.231. The van der Waals surface area contributed by atoms with Crippen LogP contribution >= 0.6 is 31.9 Å². The lowest BCUT2D eigenvalue weighted by Crippen LogP contribution is -2.31. The van der Waals surface area contributed by atoms with E-state index in [9.17, 15) is 14.9 Å². The van der Waals surface area contributed by atoms with E-state index in [1.807, 2.05) is 36.4 Å². The standard InChI is InChI=1S/C27H21Br2N3O3/c28-21-10-4-17(5-11-21)16-20-2-1-3-24-25(20)30-31(26(24)18-6-12-22(29)13-7-18)27(33)19-8-14-23(15-9-19)32(34)35/h4-16,24,26H,1-3H2/b20-16+. The van der Waals surface area contributed by atoms with Crippen molar-refractivity contribution < 1.29 is 9.72 Å². The van der Waals surface area contributed by atoms with E-state index in [4.69, 9.17) is 5.10 Å². The number of rotatable bonds is 4. The summed E-state index contributed by atoms with van der Waals surface area (Å²) in [6, 6.07) is 21.6. The monoisotopic (exact) mass is 593 g/mol. The maximum absolute atomic E-state index is 13.6. The SMILES string of the molecule is O=C(c1ccc([N+](=O)[O-])cc1)N1N=C2/C(=C/c3ccc(Br)cc3)CCCC2C1c1ccc(Br)cc1. The number of nitro groups is 1. The van der Waals surface area contributed by atoms with Gasteiger partial charge in [-0.1, -0.05) is 56.1 Å². The van der Waals surface area contributed by atoms with Crippen LogP contribution in [0.2, 0.25) is 0 Å². The summed E-state index contributed by atoms with van der Waals surface area (Å²) < 4.78 is 1.99. The molecule has 0 bridgehead atoms. The average Bonchev–Trinajstić information content (AvgIpc) is 3.26. The van der Waals surface area contributed by atoms with Gasteiger partial charge in [0, 0.05) is 32.6 Å². The fourth-order valence-electron chi connectivity index (χ4n) is 4.78. The Morgan fingerprint density at radius 3 is 2.23 bits per heavy atom. The van der Waals surface area contributed by atoms with E-state index in [0.717, 1.165) is 50.6 Å². The van der Waals surface area contributed by atoms with Gasteiger partial charge in [-0.05, 0) is 78.4 Å². The molecule has 0 saturated heterocycles. The maximum atomic E-state index is 13.6.